The van der Waals surface area contributed by atoms with Gasteiger partial charge in [-0.15, -0.1) is 0 Å². The van der Waals surface area contributed by atoms with Gasteiger partial charge in [-0.3, -0.25) is 4.79 Å². The molecule has 144 valence electrons. The highest BCUT2D eigenvalue weighted by Gasteiger charge is 2.31. The van der Waals surface area contributed by atoms with Crippen LogP contribution >= 0.6 is 0 Å². The summed E-state index contributed by atoms with van der Waals surface area (Å²) >= 11 is 0. The standard InChI is InChI=1S/C20H23FN2O3S/c1-15-5-4-7-18(13-15)22-20(24)16-9-11-23(12-10-16)27(25,26)14-17-6-2-3-8-19(17)21/h2-8,13,16H,9-12,14H2,1H3,(H,22,24). The number of sulfonamides is 1. The van der Waals surface area contributed by atoms with E-state index in [-0.39, 0.29) is 36.2 Å². The van der Waals surface area contributed by atoms with Gasteiger partial charge in [-0.2, -0.15) is 0 Å². The number of nitrogens with one attached hydrogen (secondary N) is 1. The highest BCUT2D eigenvalue weighted by molar-refractivity contribution is 7.88. The smallest absolute Gasteiger partial charge is 0.227 e. The van der Waals surface area contributed by atoms with Gasteiger partial charge >= 0.3 is 0 Å². The van der Waals surface area contributed by atoms with Crippen LogP contribution < -0.4 is 5.32 Å². The number of benzene rings is 2. The third-order valence-corrected chi connectivity index (χ3v) is 6.63. The molecule has 0 atom stereocenters. The van der Waals surface area contributed by atoms with Crippen molar-refractivity contribution in [3.05, 3.63) is 65.5 Å². The molecule has 1 saturated heterocycles. The van der Waals surface area contributed by atoms with Crippen molar-refractivity contribution in [1.29, 1.82) is 0 Å². The molecule has 0 saturated carbocycles. The van der Waals surface area contributed by atoms with Crippen molar-refractivity contribution < 1.29 is 17.6 Å². The number of hydrogen-bond acceptors (Lipinski definition) is 3. The predicted molar refractivity (Wildman–Crippen MR) is 103 cm³/mol. The molecular formula is C20H23FN2O3S. The number of carbonyl (C=O) groups excluding carboxylic acids is 1. The van der Waals surface area contributed by atoms with Crippen molar-refractivity contribution in [2.75, 3.05) is 18.4 Å². The fourth-order valence-corrected chi connectivity index (χ4v) is 4.84. The molecule has 1 aliphatic rings. The summed E-state index contributed by atoms with van der Waals surface area (Å²) < 4.78 is 40.3. The van der Waals surface area contributed by atoms with E-state index in [1.807, 2.05) is 31.2 Å². The van der Waals surface area contributed by atoms with Crippen LogP contribution in [0.2, 0.25) is 0 Å². The maximum atomic E-state index is 13.8. The molecule has 0 aliphatic carbocycles. The number of amides is 1. The lowest BCUT2D eigenvalue weighted by Gasteiger charge is -2.30. The first-order valence-corrected chi connectivity index (χ1v) is 10.5. The first-order chi connectivity index (χ1) is 12.8. The summed E-state index contributed by atoms with van der Waals surface area (Å²) in [6.45, 7) is 2.49. The first-order valence-electron chi connectivity index (χ1n) is 8.94. The van der Waals surface area contributed by atoms with Gasteiger partial charge in [0.25, 0.3) is 0 Å². The molecule has 0 bridgehead atoms. The molecule has 1 fully saturated rings. The van der Waals surface area contributed by atoms with Gasteiger partial charge in [-0.05, 0) is 43.5 Å². The summed E-state index contributed by atoms with van der Waals surface area (Å²) in [7, 11) is -3.61. The maximum absolute atomic E-state index is 13.8. The molecule has 0 radical (unpaired) electrons. The van der Waals surface area contributed by atoms with Gasteiger partial charge in [-0.25, -0.2) is 17.1 Å². The number of piperidine rings is 1. The average Bonchev–Trinajstić information content (AvgIpc) is 2.64. The molecule has 5 nitrogen and oxygen atoms in total. The van der Waals surface area contributed by atoms with Crippen LogP contribution in [0.15, 0.2) is 48.5 Å². The van der Waals surface area contributed by atoms with E-state index in [2.05, 4.69) is 5.32 Å². The monoisotopic (exact) mass is 390 g/mol. The van der Waals surface area contributed by atoms with E-state index in [0.717, 1.165) is 11.3 Å². The minimum Gasteiger partial charge on any atom is -0.326 e. The zero-order valence-electron chi connectivity index (χ0n) is 15.2. The molecular weight excluding hydrogens is 367 g/mol. The van der Waals surface area contributed by atoms with E-state index in [9.17, 15) is 17.6 Å². The van der Waals surface area contributed by atoms with Crippen LogP contribution in [-0.2, 0) is 20.6 Å². The number of nitrogens with zero attached hydrogens (tertiary/aromatic N) is 1. The van der Waals surface area contributed by atoms with Crippen molar-refractivity contribution in [2.24, 2.45) is 5.92 Å². The number of carbonyl (C=O) groups is 1. The SMILES string of the molecule is Cc1cccc(NC(=O)C2CCN(S(=O)(=O)Cc3ccccc3F)CC2)c1. The van der Waals surface area contributed by atoms with Crippen molar-refractivity contribution in [1.82, 2.24) is 4.31 Å². The lowest BCUT2D eigenvalue weighted by molar-refractivity contribution is -0.120. The molecule has 2 aromatic rings. The number of halogens is 1. The van der Waals surface area contributed by atoms with Crippen molar-refractivity contribution >= 4 is 21.6 Å². The second kappa shape index (κ2) is 8.19. The molecule has 27 heavy (non-hydrogen) atoms. The summed E-state index contributed by atoms with van der Waals surface area (Å²) in [5.74, 6) is -1.20. The number of hydrogen-bond donors (Lipinski definition) is 1. The second-order valence-corrected chi connectivity index (χ2v) is 8.85. The van der Waals surface area contributed by atoms with Crippen LogP contribution in [0.25, 0.3) is 0 Å². The second-order valence-electron chi connectivity index (χ2n) is 6.88. The van der Waals surface area contributed by atoms with Gasteiger partial charge < -0.3 is 5.32 Å². The third-order valence-electron chi connectivity index (χ3n) is 4.80. The Morgan fingerprint density at radius 1 is 1.15 bits per heavy atom. The van der Waals surface area contributed by atoms with Crippen LogP contribution in [0.1, 0.15) is 24.0 Å². The van der Waals surface area contributed by atoms with Gasteiger partial charge in [0, 0.05) is 30.3 Å². The average molecular weight is 390 g/mol. The van der Waals surface area contributed by atoms with E-state index in [1.165, 1.54) is 22.5 Å². The Hall–Kier alpha value is -2.25. The molecule has 3 rings (SSSR count). The normalized spacial score (nSPS) is 16.2. The zero-order valence-corrected chi connectivity index (χ0v) is 16.0. The number of anilines is 1. The molecule has 0 aromatic heterocycles. The number of aryl methyl sites for hydroxylation is 1. The Labute approximate surface area is 159 Å². The van der Waals surface area contributed by atoms with E-state index in [0.29, 0.717) is 12.8 Å². The van der Waals surface area contributed by atoms with Crippen LogP contribution in [0.3, 0.4) is 0 Å². The summed E-state index contributed by atoms with van der Waals surface area (Å²) in [5.41, 5.74) is 1.97. The largest absolute Gasteiger partial charge is 0.326 e. The predicted octanol–water partition coefficient (Wildman–Crippen LogP) is 3.31. The van der Waals surface area contributed by atoms with E-state index in [4.69, 9.17) is 0 Å². The molecule has 2 aromatic carbocycles. The fourth-order valence-electron chi connectivity index (χ4n) is 3.27. The van der Waals surface area contributed by atoms with Crippen LogP contribution in [0.5, 0.6) is 0 Å². The van der Waals surface area contributed by atoms with E-state index >= 15 is 0 Å². The Balaban J connectivity index is 1.58. The summed E-state index contributed by atoms with van der Waals surface area (Å²) in [6.07, 6.45) is 0.905. The highest BCUT2D eigenvalue weighted by Crippen LogP contribution is 2.24. The minimum atomic E-state index is -3.61. The van der Waals surface area contributed by atoms with Gasteiger partial charge in [0.15, 0.2) is 0 Å². The first kappa shape index (κ1) is 19.5. The lowest BCUT2D eigenvalue weighted by Crippen LogP contribution is -2.42. The molecule has 1 aliphatic heterocycles. The Morgan fingerprint density at radius 3 is 2.52 bits per heavy atom. The van der Waals surface area contributed by atoms with Crippen molar-refractivity contribution in [2.45, 2.75) is 25.5 Å². The topological polar surface area (TPSA) is 66.5 Å². The summed E-state index contributed by atoms with van der Waals surface area (Å²) in [6, 6.07) is 13.4. The van der Waals surface area contributed by atoms with Crippen molar-refractivity contribution in [3.63, 3.8) is 0 Å². The molecule has 0 spiro atoms. The van der Waals surface area contributed by atoms with Gasteiger partial charge in [0.05, 0.1) is 5.75 Å². The van der Waals surface area contributed by atoms with Gasteiger partial charge in [-0.1, -0.05) is 30.3 Å². The fraction of sp³-hybridized carbons (Fsp3) is 0.350. The molecule has 0 unspecified atom stereocenters. The van der Waals surface area contributed by atoms with Gasteiger partial charge in [0.1, 0.15) is 5.82 Å². The van der Waals surface area contributed by atoms with E-state index in [1.54, 1.807) is 6.07 Å². The van der Waals surface area contributed by atoms with Crippen molar-refractivity contribution in [3.8, 4) is 0 Å². The van der Waals surface area contributed by atoms with E-state index < -0.39 is 15.8 Å². The zero-order chi connectivity index (χ0) is 19.4. The summed E-state index contributed by atoms with van der Waals surface area (Å²) in [5, 5.41) is 2.90. The molecule has 1 N–H and O–H groups in total. The van der Waals surface area contributed by atoms with Crippen LogP contribution in [-0.4, -0.2) is 31.7 Å². The molecule has 7 heteroatoms. The van der Waals surface area contributed by atoms with Crippen LogP contribution in [0, 0.1) is 18.7 Å². The Bertz CT molecular complexity index is 922. The maximum Gasteiger partial charge on any atom is 0.227 e. The minimum absolute atomic E-state index is 0.0910. The highest BCUT2D eigenvalue weighted by atomic mass is 32.2. The Morgan fingerprint density at radius 2 is 1.85 bits per heavy atom. The molecule has 1 heterocycles. The quantitative estimate of drug-likeness (QED) is 0.852. The third kappa shape index (κ3) is 4.93. The number of rotatable bonds is 5. The summed E-state index contributed by atoms with van der Waals surface area (Å²) in [4.78, 5) is 12.4. The Kier molecular flexibility index (Phi) is 5.92. The molecule has 1 amide bonds. The van der Waals surface area contributed by atoms with Gasteiger partial charge in [0.2, 0.25) is 15.9 Å². The van der Waals surface area contributed by atoms with Crippen LogP contribution in [0.4, 0.5) is 10.1 Å². The lowest BCUT2D eigenvalue weighted by atomic mass is 9.97.